The van der Waals surface area contributed by atoms with Gasteiger partial charge in [-0.3, -0.25) is 14.4 Å². The Kier molecular flexibility index (Phi) is 56.2. The van der Waals surface area contributed by atoms with Crippen molar-refractivity contribution in [3.05, 3.63) is 36.5 Å². The third-order valence-corrected chi connectivity index (χ3v) is 13.6. The summed E-state index contributed by atoms with van der Waals surface area (Å²) in [6.45, 7) is 6.66. The normalized spacial score (nSPS) is 12.2. The highest BCUT2D eigenvalue weighted by molar-refractivity contribution is 5.71. The summed E-state index contributed by atoms with van der Waals surface area (Å²) >= 11 is 0. The van der Waals surface area contributed by atoms with E-state index in [-0.39, 0.29) is 31.1 Å². The maximum Gasteiger partial charge on any atom is 0.306 e. The topological polar surface area (TPSA) is 78.9 Å². The van der Waals surface area contributed by atoms with Gasteiger partial charge in [-0.05, 0) is 96.3 Å². The number of hydrogen-bond acceptors (Lipinski definition) is 6. The van der Waals surface area contributed by atoms with Gasteiger partial charge in [0.2, 0.25) is 0 Å². The fourth-order valence-corrected chi connectivity index (χ4v) is 8.96. The van der Waals surface area contributed by atoms with Crippen LogP contribution in [-0.4, -0.2) is 37.2 Å². The Balaban J connectivity index is 4.37. The van der Waals surface area contributed by atoms with E-state index in [0.29, 0.717) is 19.3 Å². The molecule has 0 aromatic heterocycles. The van der Waals surface area contributed by atoms with E-state index in [9.17, 15) is 14.4 Å². The summed E-state index contributed by atoms with van der Waals surface area (Å²) in [6.07, 6.45) is 69.9. The Hall–Kier alpha value is -2.37. The van der Waals surface area contributed by atoms with Gasteiger partial charge in [0.15, 0.2) is 6.10 Å². The first kappa shape index (κ1) is 66.6. The van der Waals surface area contributed by atoms with Crippen LogP contribution in [0, 0.1) is 0 Å². The van der Waals surface area contributed by atoms with Crippen molar-refractivity contribution in [2.45, 2.75) is 335 Å². The van der Waals surface area contributed by atoms with E-state index < -0.39 is 6.10 Å². The summed E-state index contributed by atoms with van der Waals surface area (Å²) in [6, 6.07) is 0. The Labute approximate surface area is 429 Å². The monoisotopic (exact) mass is 969 g/mol. The second-order valence-electron chi connectivity index (χ2n) is 20.6. The molecule has 0 heterocycles. The average Bonchev–Trinajstić information content (AvgIpc) is 3.35. The molecule has 0 N–H and O–H groups in total. The maximum atomic E-state index is 12.9. The van der Waals surface area contributed by atoms with Gasteiger partial charge in [0.25, 0.3) is 0 Å². The van der Waals surface area contributed by atoms with E-state index in [2.05, 4.69) is 57.2 Å². The van der Waals surface area contributed by atoms with Crippen LogP contribution in [0.2, 0.25) is 0 Å². The van der Waals surface area contributed by atoms with E-state index in [4.69, 9.17) is 14.2 Å². The van der Waals surface area contributed by atoms with Crippen molar-refractivity contribution in [3.8, 4) is 0 Å². The van der Waals surface area contributed by atoms with Crippen LogP contribution < -0.4 is 0 Å². The van der Waals surface area contributed by atoms with Gasteiger partial charge < -0.3 is 14.2 Å². The predicted octanol–water partition coefficient (Wildman–Crippen LogP) is 20.4. The molecule has 0 saturated heterocycles. The molecule has 0 rings (SSSR count). The lowest BCUT2D eigenvalue weighted by Gasteiger charge is -2.18. The molecule has 404 valence electrons. The smallest absolute Gasteiger partial charge is 0.306 e. The molecule has 0 aromatic rings. The summed E-state index contributed by atoms with van der Waals surface area (Å²) in [5.41, 5.74) is 0. The van der Waals surface area contributed by atoms with Crippen molar-refractivity contribution in [1.29, 1.82) is 0 Å². The van der Waals surface area contributed by atoms with Gasteiger partial charge in [0.1, 0.15) is 13.2 Å². The maximum absolute atomic E-state index is 12.9. The Morgan fingerprint density at radius 2 is 0.478 bits per heavy atom. The van der Waals surface area contributed by atoms with Crippen LogP contribution >= 0.6 is 0 Å². The molecular formula is C63H116O6. The molecule has 0 saturated carbocycles. The molecular weight excluding hydrogens is 853 g/mol. The van der Waals surface area contributed by atoms with E-state index >= 15 is 0 Å². The molecule has 0 fully saturated rings. The van der Waals surface area contributed by atoms with Crippen LogP contribution in [0.25, 0.3) is 0 Å². The van der Waals surface area contributed by atoms with E-state index in [0.717, 1.165) is 70.6 Å². The summed E-state index contributed by atoms with van der Waals surface area (Å²) in [7, 11) is 0. The first-order valence-electron chi connectivity index (χ1n) is 30.5. The lowest BCUT2D eigenvalue weighted by Crippen LogP contribution is -2.30. The summed E-state index contributed by atoms with van der Waals surface area (Å²) in [5, 5.41) is 0. The van der Waals surface area contributed by atoms with Gasteiger partial charge in [-0.15, -0.1) is 0 Å². The Bertz CT molecular complexity index is 1160. The van der Waals surface area contributed by atoms with Crippen molar-refractivity contribution in [1.82, 2.24) is 0 Å². The first-order valence-corrected chi connectivity index (χ1v) is 30.5. The van der Waals surface area contributed by atoms with Crippen molar-refractivity contribution >= 4 is 17.9 Å². The number of esters is 3. The minimum Gasteiger partial charge on any atom is -0.462 e. The number of hydrogen-bond donors (Lipinski definition) is 0. The zero-order valence-electron chi connectivity index (χ0n) is 46.3. The molecule has 0 aliphatic heterocycles. The molecule has 69 heavy (non-hydrogen) atoms. The molecule has 1 atom stereocenters. The van der Waals surface area contributed by atoms with Gasteiger partial charge in [-0.2, -0.15) is 0 Å². The van der Waals surface area contributed by atoms with Crippen LogP contribution in [0.5, 0.6) is 0 Å². The molecule has 0 radical (unpaired) electrons. The van der Waals surface area contributed by atoms with Gasteiger partial charge >= 0.3 is 17.9 Å². The van der Waals surface area contributed by atoms with Crippen molar-refractivity contribution in [2.75, 3.05) is 13.2 Å². The van der Waals surface area contributed by atoms with E-state index in [1.54, 1.807) is 0 Å². The molecule has 0 aliphatic rings. The number of ether oxygens (including phenoxy) is 3. The lowest BCUT2D eigenvalue weighted by molar-refractivity contribution is -0.167. The zero-order valence-corrected chi connectivity index (χ0v) is 46.3. The fourth-order valence-electron chi connectivity index (χ4n) is 8.96. The molecule has 0 bridgehead atoms. The predicted molar refractivity (Wildman–Crippen MR) is 298 cm³/mol. The average molecular weight is 970 g/mol. The van der Waals surface area contributed by atoms with E-state index in [1.807, 2.05) is 0 Å². The molecule has 0 aliphatic carbocycles. The van der Waals surface area contributed by atoms with Crippen LogP contribution in [0.4, 0.5) is 0 Å². The molecule has 1 unspecified atom stereocenters. The zero-order chi connectivity index (χ0) is 50.0. The summed E-state index contributed by atoms with van der Waals surface area (Å²) in [4.78, 5) is 38.2. The van der Waals surface area contributed by atoms with Crippen molar-refractivity contribution in [3.63, 3.8) is 0 Å². The van der Waals surface area contributed by atoms with Crippen molar-refractivity contribution < 1.29 is 28.6 Å². The summed E-state index contributed by atoms with van der Waals surface area (Å²) in [5.74, 6) is -0.880. The Morgan fingerprint density at radius 1 is 0.275 bits per heavy atom. The summed E-state index contributed by atoms with van der Waals surface area (Å²) < 4.78 is 16.9. The molecule has 6 nitrogen and oxygen atoms in total. The Morgan fingerprint density at radius 3 is 0.725 bits per heavy atom. The second-order valence-corrected chi connectivity index (χ2v) is 20.6. The van der Waals surface area contributed by atoms with Crippen LogP contribution in [0.15, 0.2) is 36.5 Å². The minimum atomic E-state index is -0.780. The van der Waals surface area contributed by atoms with Crippen LogP contribution in [0.3, 0.4) is 0 Å². The highest BCUT2D eigenvalue weighted by atomic mass is 16.6. The van der Waals surface area contributed by atoms with Gasteiger partial charge in [0, 0.05) is 19.3 Å². The standard InChI is InChI=1S/C63H116O6/c1-4-7-10-13-16-19-22-25-28-31-33-35-38-41-44-47-50-53-56-62(65)68-59-60(58-67-61(64)55-52-49-46-43-40-37-34-30-27-24-21-18-15-12-9-6-3)69-63(66)57-54-51-48-45-42-39-36-32-29-26-23-20-17-14-11-8-5-2/h26,29-30,33-35,60H,4-25,27-28,31-32,36-59H2,1-3H3/b29-26-,34-30-,35-33-. The third kappa shape index (κ3) is 56.4. The van der Waals surface area contributed by atoms with Crippen molar-refractivity contribution in [2.24, 2.45) is 0 Å². The lowest BCUT2D eigenvalue weighted by atomic mass is 10.1. The SMILES string of the molecule is CCCCCCCC/C=C\CCCCCCCCCC(=O)OC(COC(=O)CCCCCCC/C=C\CCCCCCCCC)COC(=O)CCCCCCC/C=C\CCCCCCCCCCC. The largest absolute Gasteiger partial charge is 0.462 e. The number of carbonyl (C=O) groups is 3. The van der Waals surface area contributed by atoms with Gasteiger partial charge in [-0.1, -0.05) is 250 Å². The van der Waals surface area contributed by atoms with Crippen LogP contribution in [-0.2, 0) is 28.6 Å². The number of rotatable bonds is 56. The van der Waals surface area contributed by atoms with Gasteiger partial charge in [-0.25, -0.2) is 0 Å². The minimum absolute atomic E-state index is 0.0784. The molecule has 0 amide bonds. The highest BCUT2D eigenvalue weighted by Crippen LogP contribution is 2.16. The van der Waals surface area contributed by atoms with Crippen LogP contribution in [0.1, 0.15) is 329 Å². The van der Waals surface area contributed by atoms with E-state index in [1.165, 1.54) is 218 Å². The highest BCUT2D eigenvalue weighted by Gasteiger charge is 2.19. The second kappa shape index (κ2) is 58.2. The third-order valence-electron chi connectivity index (χ3n) is 13.6. The number of allylic oxidation sites excluding steroid dienone is 6. The van der Waals surface area contributed by atoms with Gasteiger partial charge in [0.05, 0.1) is 0 Å². The quantitative estimate of drug-likeness (QED) is 0.0261. The number of carbonyl (C=O) groups excluding carboxylic acids is 3. The first-order chi connectivity index (χ1) is 34.0. The number of unbranched alkanes of at least 4 members (excludes halogenated alkanes) is 39. The molecule has 0 spiro atoms. The molecule has 0 aromatic carbocycles. The fraction of sp³-hybridized carbons (Fsp3) is 0.857. The molecule has 6 heteroatoms.